The fourth-order valence-electron chi connectivity index (χ4n) is 3.00. The predicted molar refractivity (Wildman–Crippen MR) is 119 cm³/mol. The number of carbonyl (C=O) groups is 2. The van der Waals surface area contributed by atoms with Crippen LogP contribution in [0.25, 0.3) is 0 Å². The zero-order valence-corrected chi connectivity index (χ0v) is 19.1. The van der Waals surface area contributed by atoms with Crippen LogP contribution in [0.4, 0.5) is 11.4 Å². The zero-order valence-electron chi connectivity index (χ0n) is 17.5. The Labute approximate surface area is 182 Å². The maximum atomic E-state index is 13.1. The van der Waals surface area contributed by atoms with Crippen molar-refractivity contribution in [1.82, 2.24) is 0 Å². The van der Waals surface area contributed by atoms with Crippen LogP contribution in [-0.4, -0.2) is 39.7 Å². The predicted octanol–water partition coefficient (Wildman–Crippen LogP) is 3.93. The first-order chi connectivity index (χ1) is 14.0. The van der Waals surface area contributed by atoms with E-state index in [1.165, 1.54) is 25.3 Å². The van der Waals surface area contributed by atoms with E-state index in [-0.39, 0.29) is 22.7 Å². The Morgan fingerprint density at radius 2 is 1.80 bits per heavy atom. The number of esters is 1. The molecule has 0 aliphatic heterocycles. The summed E-state index contributed by atoms with van der Waals surface area (Å²) in [5, 5.41) is 2.86. The average Bonchev–Trinajstić information content (AvgIpc) is 2.68. The van der Waals surface area contributed by atoms with Gasteiger partial charge in [-0.05, 0) is 61.7 Å². The van der Waals surface area contributed by atoms with E-state index < -0.39 is 27.9 Å². The molecule has 1 unspecified atom stereocenters. The molecule has 2 aromatic carbocycles. The van der Waals surface area contributed by atoms with Crippen molar-refractivity contribution in [1.29, 1.82) is 0 Å². The maximum absolute atomic E-state index is 13.1. The molecule has 0 saturated carbocycles. The minimum Gasteiger partial charge on any atom is -0.465 e. The molecule has 162 valence electrons. The van der Waals surface area contributed by atoms with Crippen LogP contribution in [0.5, 0.6) is 0 Å². The summed E-state index contributed by atoms with van der Waals surface area (Å²) in [6.45, 7) is 5.51. The quantitative estimate of drug-likeness (QED) is 0.642. The molecule has 0 fully saturated rings. The molecule has 30 heavy (non-hydrogen) atoms. The van der Waals surface area contributed by atoms with Gasteiger partial charge in [-0.2, -0.15) is 0 Å². The molecule has 0 aliphatic carbocycles. The van der Waals surface area contributed by atoms with Crippen LogP contribution in [0.2, 0.25) is 5.02 Å². The number of hydrogen-bond acceptors (Lipinski definition) is 5. The molecule has 0 aromatic heterocycles. The van der Waals surface area contributed by atoms with Crippen molar-refractivity contribution in [3.8, 4) is 0 Å². The van der Waals surface area contributed by atoms with Gasteiger partial charge in [-0.15, -0.1) is 0 Å². The fraction of sp³-hybridized carbons (Fsp3) is 0.333. The number of benzene rings is 2. The molecule has 2 aromatic rings. The first-order valence-electron chi connectivity index (χ1n) is 9.25. The SMILES string of the molecule is CCC(C(=O)Nc1cc(C(=O)OC)ccc1Cl)N(c1ccc(C)c(C)c1)S(C)(=O)=O. The van der Waals surface area contributed by atoms with E-state index in [0.717, 1.165) is 21.7 Å². The summed E-state index contributed by atoms with van der Waals surface area (Å²) in [7, 11) is -2.52. The summed E-state index contributed by atoms with van der Waals surface area (Å²) >= 11 is 6.16. The van der Waals surface area contributed by atoms with Gasteiger partial charge >= 0.3 is 5.97 Å². The normalized spacial score (nSPS) is 12.2. The third-order valence-corrected chi connectivity index (χ3v) is 6.23. The van der Waals surface area contributed by atoms with Crippen LogP contribution in [0, 0.1) is 13.8 Å². The van der Waals surface area contributed by atoms with E-state index in [0.29, 0.717) is 5.69 Å². The monoisotopic (exact) mass is 452 g/mol. The number of aryl methyl sites for hydroxylation is 2. The van der Waals surface area contributed by atoms with Gasteiger partial charge in [-0.1, -0.05) is 24.6 Å². The second kappa shape index (κ2) is 9.49. The van der Waals surface area contributed by atoms with Gasteiger partial charge in [0.25, 0.3) is 0 Å². The topological polar surface area (TPSA) is 92.8 Å². The van der Waals surface area contributed by atoms with Gasteiger partial charge in [0.1, 0.15) is 6.04 Å². The van der Waals surface area contributed by atoms with E-state index in [4.69, 9.17) is 11.6 Å². The lowest BCUT2D eigenvalue weighted by molar-refractivity contribution is -0.117. The smallest absolute Gasteiger partial charge is 0.337 e. The Morgan fingerprint density at radius 3 is 2.33 bits per heavy atom. The number of nitrogens with zero attached hydrogens (tertiary/aromatic N) is 1. The second-order valence-corrected chi connectivity index (χ2v) is 9.19. The highest BCUT2D eigenvalue weighted by molar-refractivity contribution is 7.92. The third-order valence-electron chi connectivity index (χ3n) is 4.72. The van der Waals surface area contributed by atoms with Crippen molar-refractivity contribution in [2.24, 2.45) is 0 Å². The Morgan fingerprint density at radius 1 is 1.13 bits per heavy atom. The van der Waals surface area contributed by atoms with Crippen molar-refractivity contribution >= 4 is 44.9 Å². The fourth-order valence-corrected chi connectivity index (χ4v) is 4.37. The van der Waals surface area contributed by atoms with Gasteiger partial charge in [0.15, 0.2) is 0 Å². The number of sulfonamides is 1. The van der Waals surface area contributed by atoms with Gasteiger partial charge in [0.2, 0.25) is 15.9 Å². The molecular formula is C21H25ClN2O5S. The number of ether oxygens (including phenoxy) is 1. The van der Waals surface area contributed by atoms with Crippen molar-refractivity contribution in [2.75, 3.05) is 23.0 Å². The van der Waals surface area contributed by atoms with E-state index in [1.54, 1.807) is 19.1 Å². The third kappa shape index (κ3) is 5.31. The van der Waals surface area contributed by atoms with Gasteiger partial charge in [0, 0.05) is 0 Å². The number of amides is 1. The molecule has 1 N–H and O–H groups in total. The number of nitrogens with one attached hydrogen (secondary N) is 1. The first-order valence-corrected chi connectivity index (χ1v) is 11.5. The molecule has 0 aliphatic rings. The lowest BCUT2D eigenvalue weighted by Gasteiger charge is -2.30. The Hall–Kier alpha value is -2.58. The molecule has 0 bridgehead atoms. The summed E-state index contributed by atoms with van der Waals surface area (Å²) in [6, 6.07) is 8.52. The van der Waals surface area contributed by atoms with Crippen molar-refractivity contribution in [3.05, 3.63) is 58.1 Å². The molecule has 9 heteroatoms. The van der Waals surface area contributed by atoms with E-state index in [2.05, 4.69) is 10.1 Å². The van der Waals surface area contributed by atoms with Crippen LogP contribution in [-0.2, 0) is 19.6 Å². The van der Waals surface area contributed by atoms with E-state index >= 15 is 0 Å². The highest BCUT2D eigenvalue weighted by Crippen LogP contribution is 2.28. The number of halogens is 1. The van der Waals surface area contributed by atoms with Crippen molar-refractivity contribution in [3.63, 3.8) is 0 Å². The van der Waals surface area contributed by atoms with E-state index in [1.807, 2.05) is 19.9 Å². The van der Waals surface area contributed by atoms with Gasteiger partial charge in [0.05, 0.1) is 35.3 Å². The van der Waals surface area contributed by atoms with Crippen molar-refractivity contribution in [2.45, 2.75) is 33.2 Å². The number of hydrogen-bond donors (Lipinski definition) is 1. The Kier molecular flexibility index (Phi) is 7.49. The molecule has 0 radical (unpaired) electrons. The number of anilines is 2. The lowest BCUT2D eigenvalue weighted by Crippen LogP contribution is -2.47. The Balaban J connectivity index is 2.44. The summed E-state index contributed by atoms with van der Waals surface area (Å²) in [5.41, 5.74) is 2.72. The Bertz CT molecular complexity index is 1070. The standard InChI is InChI=1S/C21H25ClN2O5S/c1-6-19(24(30(5,27)28)16-9-7-13(2)14(3)11-16)20(25)23-18-12-15(21(26)29-4)8-10-17(18)22/h7-12,19H,6H2,1-5H3,(H,23,25). The number of methoxy groups -OCH3 is 1. The van der Waals surface area contributed by atoms with Crippen molar-refractivity contribution < 1.29 is 22.7 Å². The van der Waals surface area contributed by atoms with Gasteiger partial charge < -0.3 is 10.1 Å². The number of rotatable bonds is 7. The lowest BCUT2D eigenvalue weighted by atomic mass is 10.1. The summed E-state index contributed by atoms with van der Waals surface area (Å²) in [4.78, 5) is 24.8. The minimum absolute atomic E-state index is 0.191. The molecule has 0 saturated heterocycles. The highest BCUT2D eigenvalue weighted by atomic mass is 35.5. The van der Waals surface area contributed by atoms with Crippen LogP contribution < -0.4 is 9.62 Å². The number of carbonyl (C=O) groups excluding carboxylic acids is 2. The van der Waals surface area contributed by atoms with Crippen LogP contribution >= 0.6 is 11.6 Å². The first kappa shape index (κ1) is 23.7. The van der Waals surface area contributed by atoms with Crippen LogP contribution in [0.1, 0.15) is 34.8 Å². The maximum Gasteiger partial charge on any atom is 0.337 e. The molecular weight excluding hydrogens is 428 g/mol. The molecule has 1 amide bonds. The average molecular weight is 453 g/mol. The van der Waals surface area contributed by atoms with Gasteiger partial charge in [-0.3, -0.25) is 9.10 Å². The van der Waals surface area contributed by atoms with Crippen LogP contribution in [0.15, 0.2) is 36.4 Å². The largest absolute Gasteiger partial charge is 0.465 e. The van der Waals surface area contributed by atoms with E-state index in [9.17, 15) is 18.0 Å². The molecule has 7 nitrogen and oxygen atoms in total. The minimum atomic E-state index is -3.77. The molecule has 0 spiro atoms. The molecule has 1 atom stereocenters. The summed E-state index contributed by atoms with van der Waals surface area (Å²) in [6.07, 6.45) is 1.28. The molecule has 0 heterocycles. The summed E-state index contributed by atoms with van der Waals surface area (Å²) in [5.74, 6) is -1.15. The zero-order chi connectivity index (χ0) is 22.6. The van der Waals surface area contributed by atoms with Crippen LogP contribution in [0.3, 0.4) is 0 Å². The second-order valence-electron chi connectivity index (χ2n) is 6.93. The summed E-state index contributed by atoms with van der Waals surface area (Å²) < 4.78 is 31.0. The highest BCUT2D eigenvalue weighted by Gasteiger charge is 2.32. The molecule has 2 rings (SSSR count). The van der Waals surface area contributed by atoms with Gasteiger partial charge in [-0.25, -0.2) is 13.2 Å².